The first-order valence-electron chi connectivity index (χ1n) is 8.28. The maximum absolute atomic E-state index is 13.2. The monoisotopic (exact) mass is 369 g/mol. The van der Waals surface area contributed by atoms with Gasteiger partial charge in [-0.1, -0.05) is 12.1 Å². The molecule has 26 heavy (non-hydrogen) atoms. The van der Waals surface area contributed by atoms with Crippen molar-refractivity contribution < 1.29 is 13.9 Å². The summed E-state index contributed by atoms with van der Waals surface area (Å²) in [5.41, 5.74) is 4.54. The SMILES string of the molecule is Cc1cc(F)ccc1NC(=O)c1cc(COc2cccc(C)c2C)cs1. The first-order valence-corrected chi connectivity index (χ1v) is 9.16. The topological polar surface area (TPSA) is 38.3 Å². The van der Waals surface area contributed by atoms with Gasteiger partial charge in [0.1, 0.15) is 18.2 Å². The van der Waals surface area contributed by atoms with Gasteiger partial charge in [-0.2, -0.15) is 0 Å². The molecule has 0 spiro atoms. The summed E-state index contributed by atoms with van der Waals surface area (Å²) in [6.07, 6.45) is 0. The first kappa shape index (κ1) is 18.1. The van der Waals surface area contributed by atoms with E-state index in [1.54, 1.807) is 13.0 Å². The maximum atomic E-state index is 13.2. The van der Waals surface area contributed by atoms with E-state index in [0.29, 0.717) is 22.7 Å². The number of aryl methyl sites for hydroxylation is 2. The molecule has 3 rings (SSSR count). The molecule has 0 bridgehead atoms. The number of carbonyl (C=O) groups excluding carboxylic acids is 1. The molecular weight excluding hydrogens is 349 g/mol. The van der Waals surface area contributed by atoms with Crippen molar-refractivity contribution >= 4 is 22.9 Å². The van der Waals surface area contributed by atoms with Gasteiger partial charge in [-0.05, 0) is 73.2 Å². The molecule has 1 N–H and O–H groups in total. The van der Waals surface area contributed by atoms with Gasteiger partial charge in [0, 0.05) is 11.3 Å². The summed E-state index contributed by atoms with van der Waals surface area (Å²) in [6, 6.07) is 12.1. The Labute approximate surface area is 156 Å². The van der Waals surface area contributed by atoms with Crippen molar-refractivity contribution in [1.82, 2.24) is 0 Å². The third-order valence-electron chi connectivity index (χ3n) is 4.26. The summed E-state index contributed by atoms with van der Waals surface area (Å²) < 4.78 is 19.0. The van der Waals surface area contributed by atoms with Gasteiger partial charge in [-0.3, -0.25) is 4.79 Å². The van der Waals surface area contributed by atoms with Crippen molar-refractivity contribution in [1.29, 1.82) is 0 Å². The van der Waals surface area contributed by atoms with Gasteiger partial charge >= 0.3 is 0 Å². The van der Waals surface area contributed by atoms with Crippen molar-refractivity contribution in [2.24, 2.45) is 0 Å². The van der Waals surface area contributed by atoms with Gasteiger partial charge < -0.3 is 10.1 Å². The molecule has 0 aliphatic rings. The van der Waals surface area contributed by atoms with E-state index in [0.717, 1.165) is 16.9 Å². The molecule has 3 aromatic rings. The number of nitrogens with one attached hydrogen (secondary N) is 1. The minimum atomic E-state index is -0.317. The number of carbonyl (C=O) groups is 1. The molecular formula is C21H20FNO2S. The lowest BCUT2D eigenvalue weighted by Crippen LogP contribution is -2.11. The average Bonchev–Trinajstić information content (AvgIpc) is 3.08. The summed E-state index contributed by atoms with van der Waals surface area (Å²) in [6.45, 7) is 6.25. The summed E-state index contributed by atoms with van der Waals surface area (Å²) in [4.78, 5) is 13.0. The van der Waals surface area contributed by atoms with Crippen LogP contribution < -0.4 is 10.1 Å². The molecule has 0 aliphatic heterocycles. The van der Waals surface area contributed by atoms with Gasteiger partial charge in [0.25, 0.3) is 5.91 Å². The van der Waals surface area contributed by atoms with Crippen LogP contribution in [0.2, 0.25) is 0 Å². The van der Waals surface area contributed by atoms with Crippen LogP contribution in [0.15, 0.2) is 47.8 Å². The van der Waals surface area contributed by atoms with Crippen molar-refractivity contribution in [3.05, 3.63) is 80.8 Å². The molecule has 134 valence electrons. The Morgan fingerprint density at radius 3 is 2.69 bits per heavy atom. The minimum Gasteiger partial charge on any atom is -0.489 e. The number of hydrogen-bond acceptors (Lipinski definition) is 3. The average molecular weight is 369 g/mol. The fraction of sp³-hybridized carbons (Fsp3) is 0.190. The van der Waals surface area contributed by atoms with Crippen LogP contribution in [-0.4, -0.2) is 5.91 Å². The van der Waals surface area contributed by atoms with Crippen LogP contribution in [0.1, 0.15) is 31.9 Å². The van der Waals surface area contributed by atoms with Crippen LogP contribution in [-0.2, 0) is 6.61 Å². The predicted molar refractivity (Wildman–Crippen MR) is 104 cm³/mol. The zero-order valence-corrected chi connectivity index (χ0v) is 15.7. The molecule has 1 heterocycles. The van der Waals surface area contributed by atoms with E-state index >= 15 is 0 Å². The van der Waals surface area contributed by atoms with Crippen LogP contribution in [0.4, 0.5) is 10.1 Å². The zero-order valence-electron chi connectivity index (χ0n) is 14.9. The molecule has 0 saturated heterocycles. The quantitative estimate of drug-likeness (QED) is 0.632. The lowest BCUT2D eigenvalue weighted by molar-refractivity contribution is 0.103. The normalized spacial score (nSPS) is 10.6. The first-order chi connectivity index (χ1) is 12.4. The third kappa shape index (κ3) is 4.11. The number of ether oxygens (including phenoxy) is 1. The lowest BCUT2D eigenvalue weighted by Gasteiger charge is -2.10. The van der Waals surface area contributed by atoms with Gasteiger partial charge in [0.05, 0.1) is 4.88 Å². The second-order valence-electron chi connectivity index (χ2n) is 6.22. The molecule has 3 nitrogen and oxygen atoms in total. The Balaban J connectivity index is 1.65. The number of hydrogen-bond donors (Lipinski definition) is 1. The molecule has 0 unspecified atom stereocenters. The standard InChI is InChI=1S/C21H20FNO2S/c1-13-5-4-6-19(15(13)3)25-11-16-10-20(26-12-16)21(24)23-18-8-7-17(22)9-14(18)2/h4-10,12H,11H2,1-3H3,(H,23,24). The fourth-order valence-electron chi connectivity index (χ4n) is 2.56. The second-order valence-corrected chi connectivity index (χ2v) is 7.13. The van der Waals surface area contributed by atoms with Gasteiger partial charge in [0.15, 0.2) is 0 Å². The highest BCUT2D eigenvalue weighted by atomic mass is 32.1. The van der Waals surface area contributed by atoms with Crippen LogP contribution in [0.3, 0.4) is 0 Å². The summed E-state index contributed by atoms with van der Waals surface area (Å²) in [5, 5.41) is 4.74. The van der Waals surface area contributed by atoms with E-state index in [1.165, 1.54) is 29.0 Å². The Bertz CT molecular complexity index is 949. The second kappa shape index (κ2) is 7.70. The Hall–Kier alpha value is -2.66. The largest absolute Gasteiger partial charge is 0.489 e. The van der Waals surface area contributed by atoms with Crippen LogP contribution in [0, 0.1) is 26.6 Å². The smallest absolute Gasteiger partial charge is 0.265 e. The molecule has 1 amide bonds. The van der Waals surface area contributed by atoms with E-state index in [4.69, 9.17) is 4.74 Å². The van der Waals surface area contributed by atoms with E-state index in [9.17, 15) is 9.18 Å². The fourth-order valence-corrected chi connectivity index (χ4v) is 3.36. The Kier molecular flexibility index (Phi) is 5.38. The number of amides is 1. The third-order valence-corrected chi connectivity index (χ3v) is 5.24. The highest BCUT2D eigenvalue weighted by molar-refractivity contribution is 7.12. The number of benzene rings is 2. The van der Waals surface area contributed by atoms with Crippen LogP contribution >= 0.6 is 11.3 Å². The maximum Gasteiger partial charge on any atom is 0.265 e. The number of rotatable bonds is 5. The molecule has 2 aromatic carbocycles. The highest BCUT2D eigenvalue weighted by Crippen LogP contribution is 2.24. The molecule has 1 aromatic heterocycles. The molecule has 0 aliphatic carbocycles. The van der Waals surface area contributed by atoms with E-state index in [1.807, 2.05) is 43.5 Å². The molecule has 0 fully saturated rings. The van der Waals surface area contributed by atoms with Gasteiger partial charge in [-0.15, -0.1) is 11.3 Å². The Morgan fingerprint density at radius 2 is 1.92 bits per heavy atom. The van der Waals surface area contributed by atoms with Crippen molar-refractivity contribution in [3.63, 3.8) is 0 Å². The zero-order chi connectivity index (χ0) is 18.7. The van der Waals surface area contributed by atoms with E-state index in [2.05, 4.69) is 5.32 Å². The molecule has 0 radical (unpaired) electrons. The van der Waals surface area contributed by atoms with Crippen molar-refractivity contribution in [3.8, 4) is 5.75 Å². The lowest BCUT2D eigenvalue weighted by atomic mass is 10.1. The summed E-state index contributed by atoms with van der Waals surface area (Å²) in [5.74, 6) is 0.328. The Morgan fingerprint density at radius 1 is 1.12 bits per heavy atom. The number of anilines is 1. The summed E-state index contributed by atoms with van der Waals surface area (Å²) >= 11 is 1.36. The minimum absolute atomic E-state index is 0.206. The van der Waals surface area contributed by atoms with E-state index < -0.39 is 0 Å². The number of halogens is 1. The summed E-state index contributed by atoms with van der Waals surface area (Å²) in [7, 11) is 0. The number of thiophene rings is 1. The molecule has 5 heteroatoms. The predicted octanol–water partition coefficient (Wildman–Crippen LogP) is 5.64. The van der Waals surface area contributed by atoms with Crippen molar-refractivity contribution in [2.75, 3.05) is 5.32 Å². The van der Waals surface area contributed by atoms with Crippen molar-refractivity contribution in [2.45, 2.75) is 27.4 Å². The van der Waals surface area contributed by atoms with E-state index in [-0.39, 0.29) is 11.7 Å². The van der Waals surface area contributed by atoms with Crippen LogP contribution in [0.25, 0.3) is 0 Å². The highest BCUT2D eigenvalue weighted by Gasteiger charge is 2.12. The van der Waals surface area contributed by atoms with Gasteiger partial charge in [-0.25, -0.2) is 4.39 Å². The molecule has 0 atom stereocenters. The van der Waals surface area contributed by atoms with Gasteiger partial charge in [0.2, 0.25) is 0 Å². The molecule has 0 saturated carbocycles. The van der Waals surface area contributed by atoms with Crippen LogP contribution in [0.5, 0.6) is 5.75 Å².